The van der Waals surface area contributed by atoms with Gasteiger partial charge in [-0.2, -0.15) is 0 Å². The number of carbonyl (C=O) groups excluding carboxylic acids is 4. The van der Waals surface area contributed by atoms with Crippen LogP contribution in [-0.4, -0.2) is 127 Å². The van der Waals surface area contributed by atoms with Gasteiger partial charge in [-0.1, -0.05) is 23.2 Å². The molecule has 330 valence electrons. The lowest BCUT2D eigenvalue weighted by Crippen LogP contribution is -2.51. The van der Waals surface area contributed by atoms with Crippen LogP contribution in [0, 0.1) is 0 Å². The Bertz CT molecular complexity index is 2190. The van der Waals surface area contributed by atoms with E-state index in [0.717, 1.165) is 5.56 Å². The zero-order valence-electron chi connectivity index (χ0n) is 35.6. The molecule has 2 N–H and O–H groups in total. The van der Waals surface area contributed by atoms with Crippen LogP contribution in [0.15, 0.2) is 108 Å². The average Bonchev–Trinajstić information content (AvgIpc) is 4.07. The second-order valence-electron chi connectivity index (χ2n) is 16.2. The summed E-state index contributed by atoms with van der Waals surface area (Å²) in [5.74, 6) is 0.917. The highest BCUT2D eigenvalue weighted by Gasteiger charge is 2.40. The summed E-state index contributed by atoms with van der Waals surface area (Å²) in [6, 6.07) is 26.8. The van der Waals surface area contributed by atoms with Crippen LogP contribution in [0.3, 0.4) is 0 Å². The van der Waals surface area contributed by atoms with E-state index in [9.17, 15) is 19.2 Å². The molecule has 14 nitrogen and oxygen atoms in total. The van der Waals surface area contributed by atoms with Crippen molar-refractivity contribution in [3.8, 4) is 34.3 Å². The van der Waals surface area contributed by atoms with Gasteiger partial charge < -0.3 is 44.1 Å². The number of likely N-dealkylation sites (N-methyl/N-ethyl adjacent to an activating group) is 2. The smallest absolute Gasteiger partial charge is 0.265 e. The molecule has 0 bridgehead atoms. The fraction of sp³-hybridized carbons (Fsp3) is 0.340. The highest BCUT2D eigenvalue weighted by Crippen LogP contribution is 2.30. The normalized spacial score (nSPS) is 17.1. The Morgan fingerprint density at radius 3 is 1.48 bits per heavy atom. The predicted molar refractivity (Wildman–Crippen MR) is 243 cm³/mol. The molecule has 0 aliphatic carbocycles. The van der Waals surface area contributed by atoms with Crippen molar-refractivity contribution in [2.45, 2.75) is 50.0 Å². The van der Waals surface area contributed by atoms with E-state index in [0.29, 0.717) is 102 Å². The summed E-state index contributed by atoms with van der Waals surface area (Å²) >= 11 is 12.1. The van der Waals surface area contributed by atoms with Crippen LogP contribution in [0.4, 0.5) is 11.4 Å². The molecule has 3 heterocycles. The highest BCUT2D eigenvalue weighted by molar-refractivity contribution is 6.30. The Labute approximate surface area is 377 Å². The molecule has 4 amide bonds. The van der Waals surface area contributed by atoms with Crippen molar-refractivity contribution in [2.24, 2.45) is 0 Å². The van der Waals surface area contributed by atoms with Crippen molar-refractivity contribution < 1.29 is 33.1 Å². The van der Waals surface area contributed by atoms with E-state index < -0.39 is 24.3 Å². The summed E-state index contributed by atoms with van der Waals surface area (Å²) in [5.41, 5.74) is 2.60. The van der Waals surface area contributed by atoms with Gasteiger partial charge in [0, 0.05) is 58.7 Å². The number of hydrogen-bond donors (Lipinski definition) is 2. The maximum absolute atomic E-state index is 13.8. The highest BCUT2D eigenvalue weighted by atomic mass is 35.5. The molecular formula is C47H51Cl2N7O7. The van der Waals surface area contributed by atoms with Crippen LogP contribution in [0.5, 0.6) is 11.5 Å². The lowest BCUT2D eigenvalue weighted by Gasteiger charge is -2.29. The summed E-state index contributed by atoms with van der Waals surface area (Å²) in [4.78, 5) is 66.1. The average molecular weight is 897 g/mol. The monoisotopic (exact) mass is 895 g/mol. The van der Waals surface area contributed by atoms with Crippen molar-refractivity contribution in [2.75, 3.05) is 65.0 Å². The zero-order chi connectivity index (χ0) is 44.6. The van der Waals surface area contributed by atoms with Crippen LogP contribution in [0.2, 0.25) is 10.0 Å². The third-order valence-electron chi connectivity index (χ3n) is 10.8. The molecule has 2 aliphatic rings. The lowest BCUT2D eigenvalue weighted by molar-refractivity contribution is -0.143. The van der Waals surface area contributed by atoms with E-state index >= 15 is 0 Å². The van der Waals surface area contributed by atoms with E-state index in [-0.39, 0.29) is 23.6 Å². The minimum absolute atomic E-state index is 0.247. The quantitative estimate of drug-likeness (QED) is 0.104. The number of likely N-dealkylation sites (tertiary alicyclic amines) is 2. The molecule has 5 aromatic rings. The minimum Gasteiger partial charge on any atom is -0.479 e. The third kappa shape index (κ3) is 11.6. The first kappa shape index (κ1) is 45.1. The second-order valence-corrected chi connectivity index (χ2v) is 17.1. The Morgan fingerprint density at radius 1 is 0.651 bits per heavy atom. The molecule has 4 atom stereocenters. The molecule has 63 heavy (non-hydrogen) atoms. The molecule has 0 saturated carbocycles. The standard InChI is InChI=1S/C47H51Cl2N7O7/c1-53(2)28-41(61-36-21-13-32(48)14-22-36)46(59)55-25-5-7-38(55)43(57)51-34-17-9-30(10-18-34)40-27-50-45(63-40)31-11-19-35(20-12-31)52-44(58)39-8-6-26-56(39)47(60)42(29-54(3)4)62-37-23-15-33(49)16-24-37/h9-24,27,38-39,41-42H,5-8,25-26,28-29H2,1-4H3,(H,51,57)(H,52,58)/t38?,39-,41?,42-/m0/s1. The largest absolute Gasteiger partial charge is 0.479 e. The van der Waals surface area contributed by atoms with Gasteiger partial charge in [0.2, 0.25) is 17.7 Å². The van der Waals surface area contributed by atoms with E-state index in [1.165, 1.54) is 0 Å². The summed E-state index contributed by atoms with van der Waals surface area (Å²) in [6.45, 7) is 1.59. The number of rotatable bonds is 16. The molecule has 1 aromatic heterocycles. The molecule has 16 heteroatoms. The van der Waals surface area contributed by atoms with E-state index in [4.69, 9.17) is 37.1 Å². The number of oxazole rings is 1. The maximum atomic E-state index is 13.8. The van der Waals surface area contributed by atoms with Gasteiger partial charge in [0.05, 0.1) is 6.20 Å². The van der Waals surface area contributed by atoms with E-state index in [1.807, 2.05) is 50.1 Å². The molecule has 2 unspecified atom stereocenters. The number of hydrogen-bond acceptors (Lipinski definition) is 10. The number of nitrogens with zero attached hydrogens (tertiary/aromatic N) is 5. The minimum atomic E-state index is -0.806. The predicted octanol–water partition coefficient (Wildman–Crippen LogP) is 7.19. The molecule has 0 radical (unpaired) electrons. The van der Waals surface area contributed by atoms with Gasteiger partial charge in [-0.05, 0) is 151 Å². The molecule has 0 spiro atoms. The van der Waals surface area contributed by atoms with Crippen LogP contribution < -0.4 is 20.1 Å². The molecule has 2 fully saturated rings. The van der Waals surface area contributed by atoms with Gasteiger partial charge in [-0.15, -0.1) is 0 Å². The summed E-state index contributed by atoms with van der Waals surface area (Å²) in [6.07, 6.45) is 2.50. The SMILES string of the molecule is CN(C)CC(Oc1ccc(Cl)cc1)C(=O)N1CCCC1C(=O)Nc1ccc(-c2cnc(-c3ccc(NC(=O)[C@@H]4CCCN4C(=O)[C@H](CN(C)C)Oc4ccc(Cl)cc4)cc3)o2)cc1. The Morgan fingerprint density at radius 2 is 1.06 bits per heavy atom. The van der Waals surface area contributed by atoms with E-state index in [2.05, 4.69) is 15.6 Å². The van der Waals surface area contributed by atoms with Crippen molar-refractivity contribution >= 4 is 58.2 Å². The number of nitrogens with one attached hydrogen (secondary N) is 2. The molecule has 7 rings (SSSR count). The fourth-order valence-corrected chi connectivity index (χ4v) is 7.98. The number of anilines is 2. The van der Waals surface area contributed by atoms with Crippen molar-refractivity contribution in [3.05, 3.63) is 113 Å². The topological polar surface area (TPSA) is 150 Å². The van der Waals surface area contributed by atoms with Crippen molar-refractivity contribution in [1.29, 1.82) is 0 Å². The number of carbonyl (C=O) groups is 4. The van der Waals surface area contributed by atoms with Crippen LogP contribution in [0.1, 0.15) is 25.7 Å². The van der Waals surface area contributed by atoms with Gasteiger partial charge in [-0.3, -0.25) is 19.2 Å². The fourth-order valence-electron chi connectivity index (χ4n) is 7.73. The number of amides is 4. The van der Waals surface area contributed by atoms with Gasteiger partial charge in [0.15, 0.2) is 18.0 Å². The first-order chi connectivity index (χ1) is 30.3. The first-order valence-corrected chi connectivity index (χ1v) is 21.6. The Kier molecular flexibility index (Phi) is 14.7. The molecule has 2 aliphatic heterocycles. The van der Waals surface area contributed by atoms with Crippen molar-refractivity contribution in [3.63, 3.8) is 0 Å². The van der Waals surface area contributed by atoms with Crippen molar-refractivity contribution in [1.82, 2.24) is 24.6 Å². The number of ether oxygens (including phenoxy) is 2. The van der Waals surface area contributed by atoms with Gasteiger partial charge in [-0.25, -0.2) is 4.98 Å². The molecule has 2 saturated heterocycles. The van der Waals surface area contributed by atoms with Gasteiger partial charge >= 0.3 is 0 Å². The summed E-state index contributed by atoms with van der Waals surface area (Å²) in [5, 5.41) is 7.08. The lowest BCUT2D eigenvalue weighted by atomic mass is 10.1. The van der Waals surface area contributed by atoms with Crippen LogP contribution >= 0.6 is 23.2 Å². The Balaban J connectivity index is 0.935. The second kappa shape index (κ2) is 20.5. The van der Waals surface area contributed by atoms with Crippen LogP contribution in [0.25, 0.3) is 22.8 Å². The molecule has 4 aromatic carbocycles. The Hall–Kier alpha value is -5.93. The number of halogens is 2. The number of aromatic nitrogens is 1. The van der Waals surface area contributed by atoms with E-state index in [1.54, 1.807) is 101 Å². The third-order valence-corrected chi connectivity index (χ3v) is 11.3. The number of benzene rings is 4. The molecular weight excluding hydrogens is 845 g/mol. The van der Waals surface area contributed by atoms with Gasteiger partial charge in [0.1, 0.15) is 23.6 Å². The maximum Gasteiger partial charge on any atom is 0.265 e. The summed E-state index contributed by atoms with van der Waals surface area (Å²) < 4.78 is 18.3. The summed E-state index contributed by atoms with van der Waals surface area (Å²) in [7, 11) is 7.46. The van der Waals surface area contributed by atoms with Gasteiger partial charge in [0.25, 0.3) is 11.8 Å². The zero-order valence-corrected chi connectivity index (χ0v) is 37.1. The first-order valence-electron chi connectivity index (χ1n) is 20.8. The van der Waals surface area contributed by atoms with Crippen LogP contribution in [-0.2, 0) is 19.2 Å².